The van der Waals surface area contributed by atoms with Crippen LogP contribution in [0.1, 0.15) is 65.1 Å². The average Bonchev–Trinajstić information content (AvgIpc) is 3.30. The Kier molecular flexibility index (Phi) is 7.81. The van der Waals surface area contributed by atoms with Gasteiger partial charge in [0.25, 0.3) is 5.91 Å². The highest BCUT2D eigenvalue weighted by Crippen LogP contribution is 2.37. The van der Waals surface area contributed by atoms with Crippen LogP contribution in [-0.4, -0.2) is 41.4 Å². The van der Waals surface area contributed by atoms with E-state index in [1.54, 1.807) is 12.1 Å². The van der Waals surface area contributed by atoms with E-state index in [1.807, 2.05) is 36.4 Å². The highest BCUT2D eigenvalue weighted by Gasteiger charge is 2.38. The summed E-state index contributed by atoms with van der Waals surface area (Å²) in [5, 5.41) is 0. The molecule has 4 heteroatoms. The van der Waals surface area contributed by atoms with Crippen LogP contribution in [0.3, 0.4) is 0 Å². The maximum absolute atomic E-state index is 13.9. The molecule has 3 aromatic rings. The quantitative estimate of drug-likeness (QED) is 0.367. The SMILES string of the molecule is Cc1ccccc1[C@@H]1CN(Cc2cccc(F)c2)C[C@H]1CN(C(=O)c1ccccc1)C1CCCCC1. The van der Waals surface area contributed by atoms with Crippen LogP contribution in [0.25, 0.3) is 0 Å². The number of aryl methyl sites for hydroxylation is 1. The van der Waals surface area contributed by atoms with Crippen molar-refractivity contribution in [3.63, 3.8) is 0 Å². The molecule has 2 fully saturated rings. The first kappa shape index (κ1) is 24.7. The molecule has 3 nitrogen and oxygen atoms in total. The van der Waals surface area contributed by atoms with Crippen LogP contribution in [0.2, 0.25) is 0 Å². The van der Waals surface area contributed by atoms with Gasteiger partial charge < -0.3 is 4.90 Å². The largest absolute Gasteiger partial charge is 0.335 e. The Hall–Kier alpha value is -2.98. The number of rotatable bonds is 7. The third-order valence-electron chi connectivity index (χ3n) is 8.13. The third-order valence-corrected chi connectivity index (χ3v) is 8.13. The zero-order chi connectivity index (χ0) is 24.9. The molecular formula is C32H37FN2O. The highest BCUT2D eigenvalue weighted by atomic mass is 19.1. The van der Waals surface area contributed by atoms with E-state index in [9.17, 15) is 9.18 Å². The van der Waals surface area contributed by atoms with Crippen molar-refractivity contribution in [3.05, 3.63) is 107 Å². The minimum atomic E-state index is -0.185. The summed E-state index contributed by atoms with van der Waals surface area (Å²) in [5.74, 6) is 0.647. The predicted molar refractivity (Wildman–Crippen MR) is 143 cm³/mol. The van der Waals surface area contributed by atoms with Gasteiger partial charge in [-0.15, -0.1) is 0 Å². The van der Waals surface area contributed by atoms with Crippen molar-refractivity contribution in [2.75, 3.05) is 19.6 Å². The molecule has 0 unspecified atom stereocenters. The maximum atomic E-state index is 13.9. The molecule has 5 rings (SSSR count). The molecular weight excluding hydrogens is 447 g/mol. The van der Waals surface area contributed by atoms with Crippen LogP contribution < -0.4 is 0 Å². The summed E-state index contributed by atoms with van der Waals surface area (Å²) >= 11 is 0. The molecule has 2 aliphatic rings. The monoisotopic (exact) mass is 484 g/mol. The Morgan fingerprint density at radius 1 is 0.917 bits per heavy atom. The number of likely N-dealkylation sites (tertiary alicyclic amines) is 1. The molecule has 0 spiro atoms. The smallest absolute Gasteiger partial charge is 0.254 e. The lowest BCUT2D eigenvalue weighted by molar-refractivity contribution is 0.0588. The second-order valence-electron chi connectivity index (χ2n) is 10.7. The van der Waals surface area contributed by atoms with Gasteiger partial charge in [-0.1, -0.05) is 73.9 Å². The fourth-order valence-electron chi connectivity index (χ4n) is 6.31. The summed E-state index contributed by atoms with van der Waals surface area (Å²) in [5.41, 5.74) is 4.47. The van der Waals surface area contributed by atoms with Crippen LogP contribution in [0.4, 0.5) is 4.39 Å². The second-order valence-corrected chi connectivity index (χ2v) is 10.7. The molecule has 1 heterocycles. The molecule has 1 aliphatic carbocycles. The van der Waals surface area contributed by atoms with E-state index in [1.165, 1.54) is 36.5 Å². The van der Waals surface area contributed by atoms with Gasteiger partial charge in [0.15, 0.2) is 0 Å². The van der Waals surface area contributed by atoms with Crippen molar-refractivity contribution in [1.29, 1.82) is 0 Å². The third kappa shape index (κ3) is 5.70. The summed E-state index contributed by atoms with van der Waals surface area (Å²) < 4.78 is 13.9. The normalized spacial score (nSPS) is 20.9. The first-order valence-electron chi connectivity index (χ1n) is 13.5. The van der Waals surface area contributed by atoms with Crippen LogP contribution in [0, 0.1) is 18.7 Å². The summed E-state index contributed by atoms with van der Waals surface area (Å²) in [7, 11) is 0. The van der Waals surface area contributed by atoms with E-state index >= 15 is 0 Å². The van der Waals surface area contributed by atoms with Gasteiger partial charge in [0, 0.05) is 43.7 Å². The fourth-order valence-corrected chi connectivity index (χ4v) is 6.31. The average molecular weight is 485 g/mol. The van der Waals surface area contributed by atoms with E-state index in [0.29, 0.717) is 17.9 Å². The van der Waals surface area contributed by atoms with E-state index in [-0.39, 0.29) is 11.7 Å². The fraction of sp³-hybridized carbons (Fsp3) is 0.406. The van der Waals surface area contributed by atoms with Gasteiger partial charge in [-0.3, -0.25) is 9.69 Å². The minimum Gasteiger partial charge on any atom is -0.335 e. The Morgan fingerprint density at radius 3 is 2.42 bits per heavy atom. The topological polar surface area (TPSA) is 23.6 Å². The summed E-state index contributed by atoms with van der Waals surface area (Å²) in [6, 6.07) is 25.7. The zero-order valence-corrected chi connectivity index (χ0v) is 21.3. The maximum Gasteiger partial charge on any atom is 0.254 e. The van der Waals surface area contributed by atoms with Crippen LogP contribution in [-0.2, 0) is 6.54 Å². The standard InChI is InChI=1S/C32H37FN2O/c1-24-11-8-9-18-30(24)31-23-34(20-25-12-10-15-28(33)19-25)21-27(31)22-35(29-16-6-3-7-17-29)32(36)26-13-4-2-5-14-26/h2,4-5,8-15,18-19,27,29,31H,3,6-7,16-17,20-23H2,1H3/t27-,31+/m0/s1. The number of hydrogen-bond donors (Lipinski definition) is 0. The molecule has 2 atom stereocenters. The number of benzene rings is 3. The number of amides is 1. The zero-order valence-electron chi connectivity index (χ0n) is 21.3. The van der Waals surface area contributed by atoms with Gasteiger partial charge >= 0.3 is 0 Å². The summed E-state index contributed by atoms with van der Waals surface area (Å²) in [6.07, 6.45) is 5.84. The number of carbonyl (C=O) groups is 1. The number of carbonyl (C=O) groups excluding carboxylic acids is 1. The van der Waals surface area contributed by atoms with Gasteiger partial charge in [-0.05, 0) is 66.6 Å². The number of halogens is 1. The van der Waals surface area contributed by atoms with Gasteiger partial charge in [0.2, 0.25) is 0 Å². The lowest BCUT2D eigenvalue weighted by Crippen LogP contribution is -2.45. The molecule has 0 aromatic heterocycles. The summed E-state index contributed by atoms with van der Waals surface area (Å²) in [4.78, 5) is 18.5. The second kappa shape index (κ2) is 11.4. The minimum absolute atomic E-state index is 0.162. The van der Waals surface area contributed by atoms with Crippen LogP contribution >= 0.6 is 0 Å². The molecule has 1 aliphatic heterocycles. The van der Waals surface area contributed by atoms with Crippen LogP contribution in [0.15, 0.2) is 78.9 Å². The van der Waals surface area contributed by atoms with E-state index in [0.717, 1.165) is 50.1 Å². The van der Waals surface area contributed by atoms with Gasteiger partial charge in [0.1, 0.15) is 5.82 Å². The molecule has 1 saturated carbocycles. The predicted octanol–water partition coefficient (Wildman–Crippen LogP) is 6.82. The number of hydrogen-bond acceptors (Lipinski definition) is 2. The van der Waals surface area contributed by atoms with Crippen molar-refractivity contribution in [1.82, 2.24) is 9.80 Å². The molecule has 3 aromatic carbocycles. The van der Waals surface area contributed by atoms with Crippen molar-refractivity contribution in [2.45, 2.75) is 57.5 Å². The van der Waals surface area contributed by atoms with Crippen molar-refractivity contribution >= 4 is 5.91 Å². The Bertz CT molecular complexity index is 1160. The van der Waals surface area contributed by atoms with Gasteiger partial charge in [0.05, 0.1) is 0 Å². The molecule has 0 N–H and O–H groups in total. The van der Waals surface area contributed by atoms with E-state index < -0.39 is 0 Å². The van der Waals surface area contributed by atoms with Gasteiger partial charge in [-0.25, -0.2) is 4.39 Å². The summed E-state index contributed by atoms with van der Waals surface area (Å²) in [6.45, 7) is 5.50. The molecule has 1 amide bonds. The molecule has 0 radical (unpaired) electrons. The Morgan fingerprint density at radius 2 is 1.67 bits per heavy atom. The van der Waals surface area contributed by atoms with Gasteiger partial charge in [-0.2, -0.15) is 0 Å². The highest BCUT2D eigenvalue weighted by molar-refractivity contribution is 5.94. The van der Waals surface area contributed by atoms with Crippen LogP contribution in [0.5, 0.6) is 0 Å². The van der Waals surface area contributed by atoms with Crippen molar-refractivity contribution in [2.24, 2.45) is 5.92 Å². The molecule has 0 bridgehead atoms. The van der Waals surface area contributed by atoms with Crippen molar-refractivity contribution in [3.8, 4) is 0 Å². The van der Waals surface area contributed by atoms with E-state index in [4.69, 9.17) is 0 Å². The Labute approximate surface area is 214 Å². The number of nitrogens with zero attached hydrogens (tertiary/aromatic N) is 2. The first-order chi connectivity index (χ1) is 17.6. The first-order valence-corrected chi connectivity index (χ1v) is 13.5. The Balaban J connectivity index is 1.43. The lowest BCUT2D eigenvalue weighted by Gasteiger charge is -2.37. The molecule has 36 heavy (non-hydrogen) atoms. The molecule has 188 valence electrons. The lowest BCUT2D eigenvalue weighted by atomic mass is 9.85. The van der Waals surface area contributed by atoms with Crippen molar-refractivity contribution < 1.29 is 9.18 Å². The molecule has 1 saturated heterocycles. The van der Waals surface area contributed by atoms with E-state index in [2.05, 4.69) is 41.0 Å².